The summed E-state index contributed by atoms with van der Waals surface area (Å²) in [4.78, 5) is 16.2. The highest BCUT2D eigenvalue weighted by Crippen LogP contribution is 2.26. The van der Waals surface area contributed by atoms with Crippen LogP contribution in [0, 0.1) is 13.8 Å². The highest BCUT2D eigenvalue weighted by atomic mass is 16.4. The molecule has 0 unspecified atom stereocenters. The molecule has 3 rings (SSSR count). The summed E-state index contributed by atoms with van der Waals surface area (Å²) < 4.78 is 1.58. The van der Waals surface area contributed by atoms with Crippen molar-refractivity contribution in [3.05, 3.63) is 53.5 Å². The Kier molecular flexibility index (Phi) is 2.75. The number of carboxylic acids is 1. The molecule has 3 aromatic rings. The molecule has 1 N–H and O–H groups in total. The SMILES string of the molecule is Cc1ccn(-c2c(C)nc3ccccc3c2C(=O)O)n1. The predicted molar refractivity (Wildman–Crippen MR) is 75.3 cm³/mol. The summed E-state index contributed by atoms with van der Waals surface area (Å²) in [5, 5.41) is 14.5. The van der Waals surface area contributed by atoms with Crippen LogP contribution in [0.5, 0.6) is 0 Å². The number of hydrogen-bond acceptors (Lipinski definition) is 3. The standard InChI is InChI=1S/C15H13N3O2/c1-9-7-8-18(17-9)14-10(2)16-12-6-4-3-5-11(12)13(14)15(19)20/h3-8H,1-2H3,(H,19,20). The summed E-state index contributed by atoms with van der Waals surface area (Å²) in [5.41, 5.74) is 2.90. The minimum absolute atomic E-state index is 0.233. The minimum atomic E-state index is -0.977. The second kappa shape index (κ2) is 4.45. The lowest BCUT2D eigenvalue weighted by molar-refractivity contribution is 0.0698. The first-order valence-electron chi connectivity index (χ1n) is 6.23. The summed E-state index contributed by atoms with van der Waals surface area (Å²) in [6, 6.07) is 9.07. The first-order valence-corrected chi connectivity index (χ1v) is 6.23. The van der Waals surface area contributed by atoms with Gasteiger partial charge in [0.1, 0.15) is 5.69 Å². The monoisotopic (exact) mass is 267 g/mol. The van der Waals surface area contributed by atoms with Crippen LogP contribution in [0.25, 0.3) is 16.6 Å². The van der Waals surface area contributed by atoms with Gasteiger partial charge in [0.25, 0.3) is 0 Å². The van der Waals surface area contributed by atoms with Gasteiger partial charge in [0, 0.05) is 11.6 Å². The molecule has 0 fully saturated rings. The van der Waals surface area contributed by atoms with E-state index in [2.05, 4.69) is 10.1 Å². The van der Waals surface area contributed by atoms with Gasteiger partial charge in [0.2, 0.25) is 0 Å². The number of para-hydroxylation sites is 1. The zero-order valence-corrected chi connectivity index (χ0v) is 11.2. The van der Waals surface area contributed by atoms with Crippen molar-refractivity contribution in [3.63, 3.8) is 0 Å². The van der Waals surface area contributed by atoms with Crippen molar-refractivity contribution in [2.75, 3.05) is 0 Å². The molecular formula is C15H13N3O2. The average Bonchev–Trinajstić information content (AvgIpc) is 2.83. The number of aryl methyl sites for hydroxylation is 2. The van der Waals surface area contributed by atoms with Crippen LogP contribution in [0.4, 0.5) is 0 Å². The number of carbonyl (C=O) groups is 1. The van der Waals surface area contributed by atoms with Gasteiger partial charge in [0.05, 0.1) is 22.5 Å². The second-order valence-electron chi connectivity index (χ2n) is 4.64. The van der Waals surface area contributed by atoms with Crippen LogP contribution < -0.4 is 0 Å². The fourth-order valence-electron chi connectivity index (χ4n) is 2.36. The van der Waals surface area contributed by atoms with Crippen LogP contribution in [0.15, 0.2) is 36.5 Å². The molecule has 100 valence electrons. The van der Waals surface area contributed by atoms with E-state index in [0.717, 1.165) is 5.69 Å². The normalized spacial score (nSPS) is 10.9. The van der Waals surface area contributed by atoms with E-state index in [9.17, 15) is 9.90 Å². The summed E-state index contributed by atoms with van der Waals surface area (Å²) in [7, 11) is 0. The van der Waals surface area contributed by atoms with E-state index < -0.39 is 5.97 Å². The third-order valence-electron chi connectivity index (χ3n) is 3.21. The van der Waals surface area contributed by atoms with Gasteiger partial charge in [-0.25, -0.2) is 9.48 Å². The molecule has 2 heterocycles. The number of rotatable bonds is 2. The number of nitrogens with zero attached hydrogens (tertiary/aromatic N) is 3. The summed E-state index contributed by atoms with van der Waals surface area (Å²) in [6.45, 7) is 3.66. The van der Waals surface area contributed by atoms with Crippen LogP contribution in [0.3, 0.4) is 0 Å². The lowest BCUT2D eigenvalue weighted by Gasteiger charge is -2.12. The van der Waals surface area contributed by atoms with E-state index in [1.165, 1.54) is 0 Å². The highest BCUT2D eigenvalue weighted by molar-refractivity contribution is 6.06. The molecule has 0 spiro atoms. The van der Waals surface area contributed by atoms with E-state index in [1.807, 2.05) is 31.2 Å². The van der Waals surface area contributed by atoms with Crippen molar-refractivity contribution in [1.29, 1.82) is 0 Å². The summed E-state index contributed by atoms with van der Waals surface area (Å²) >= 11 is 0. The molecular weight excluding hydrogens is 254 g/mol. The number of aromatic nitrogens is 3. The van der Waals surface area contributed by atoms with E-state index in [0.29, 0.717) is 22.3 Å². The summed E-state index contributed by atoms with van der Waals surface area (Å²) in [6.07, 6.45) is 1.75. The number of benzene rings is 1. The quantitative estimate of drug-likeness (QED) is 0.775. The maximum atomic E-state index is 11.7. The number of fused-ring (bicyclic) bond motifs is 1. The third-order valence-corrected chi connectivity index (χ3v) is 3.21. The topological polar surface area (TPSA) is 68.0 Å². The fraction of sp³-hybridized carbons (Fsp3) is 0.133. The van der Waals surface area contributed by atoms with Gasteiger partial charge in [-0.3, -0.25) is 4.98 Å². The van der Waals surface area contributed by atoms with Crippen molar-refractivity contribution in [2.45, 2.75) is 13.8 Å². The van der Waals surface area contributed by atoms with Crippen LogP contribution in [0.2, 0.25) is 0 Å². The van der Waals surface area contributed by atoms with E-state index >= 15 is 0 Å². The molecule has 2 aromatic heterocycles. The molecule has 0 aliphatic carbocycles. The van der Waals surface area contributed by atoms with Crippen molar-refractivity contribution in [1.82, 2.24) is 14.8 Å². The molecule has 0 aliphatic rings. The van der Waals surface area contributed by atoms with Crippen LogP contribution in [-0.2, 0) is 0 Å². The molecule has 5 nitrogen and oxygen atoms in total. The van der Waals surface area contributed by atoms with E-state index in [1.54, 1.807) is 23.9 Å². The lowest BCUT2D eigenvalue weighted by Crippen LogP contribution is -2.10. The Morgan fingerprint density at radius 1 is 1.20 bits per heavy atom. The Bertz CT molecular complexity index is 821. The van der Waals surface area contributed by atoms with Crippen molar-refractivity contribution < 1.29 is 9.90 Å². The zero-order valence-electron chi connectivity index (χ0n) is 11.2. The molecule has 1 aromatic carbocycles. The third kappa shape index (κ3) is 1.84. The molecule has 0 atom stereocenters. The molecule has 0 radical (unpaired) electrons. The van der Waals surface area contributed by atoms with Crippen molar-refractivity contribution in [2.24, 2.45) is 0 Å². The smallest absolute Gasteiger partial charge is 0.338 e. The Hall–Kier alpha value is -2.69. The number of hydrogen-bond donors (Lipinski definition) is 1. The van der Waals surface area contributed by atoms with Crippen molar-refractivity contribution in [3.8, 4) is 5.69 Å². The van der Waals surface area contributed by atoms with Gasteiger partial charge in [-0.05, 0) is 26.0 Å². The predicted octanol–water partition coefficient (Wildman–Crippen LogP) is 2.74. The first kappa shape index (κ1) is 12.3. The minimum Gasteiger partial charge on any atom is -0.478 e. The lowest BCUT2D eigenvalue weighted by atomic mass is 10.1. The number of pyridine rings is 1. The maximum absolute atomic E-state index is 11.7. The van der Waals surface area contributed by atoms with Crippen molar-refractivity contribution >= 4 is 16.9 Å². The number of aromatic carboxylic acids is 1. The van der Waals surface area contributed by atoms with Crippen LogP contribution in [-0.4, -0.2) is 25.8 Å². The highest BCUT2D eigenvalue weighted by Gasteiger charge is 2.20. The molecule has 0 amide bonds. The largest absolute Gasteiger partial charge is 0.478 e. The molecule has 0 aliphatic heterocycles. The molecule has 0 saturated heterocycles. The van der Waals surface area contributed by atoms with Gasteiger partial charge in [-0.2, -0.15) is 5.10 Å². The van der Waals surface area contributed by atoms with Gasteiger partial charge in [0.15, 0.2) is 0 Å². The van der Waals surface area contributed by atoms with Gasteiger partial charge in [-0.1, -0.05) is 18.2 Å². The molecule has 0 bridgehead atoms. The van der Waals surface area contributed by atoms with E-state index in [4.69, 9.17) is 0 Å². The van der Waals surface area contributed by atoms with Gasteiger partial charge >= 0.3 is 5.97 Å². The van der Waals surface area contributed by atoms with Crippen LogP contribution in [0.1, 0.15) is 21.7 Å². The Morgan fingerprint density at radius 3 is 2.60 bits per heavy atom. The Labute approximate surface area is 115 Å². The zero-order chi connectivity index (χ0) is 14.3. The molecule has 5 heteroatoms. The van der Waals surface area contributed by atoms with Gasteiger partial charge in [-0.15, -0.1) is 0 Å². The Balaban J connectivity index is 2.44. The average molecular weight is 267 g/mol. The fourth-order valence-corrected chi connectivity index (χ4v) is 2.36. The number of carboxylic acid groups (broad SMARTS) is 1. The summed E-state index contributed by atoms with van der Waals surface area (Å²) in [5.74, 6) is -0.977. The second-order valence-corrected chi connectivity index (χ2v) is 4.64. The maximum Gasteiger partial charge on any atom is 0.338 e. The van der Waals surface area contributed by atoms with Gasteiger partial charge < -0.3 is 5.11 Å². The molecule has 20 heavy (non-hydrogen) atoms. The van der Waals surface area contributed by atoms with Crippen LogP contribution >= 0.6 is 0 Å². The first-order chi connectivity index (χ1) is 9.58. The molecule has 0 saturated carbocycles. The van der Waals surface area contributed by atoms with E-state index in [-0.39, 0.29) is 5.56 Å². The Morgan fingerprint density at radius 2 is 1.95 bits per heavy atom.